The number of hydrogen-bond donors (Lipinski definition) is 1. The lowest BCUT2D eigenvalue weighted by atomic mass is 10.1. The standard InChI is InChI=1S/C24H30N2O4/c1-3-4-5-6-9-15-26(24-25-21-13-7-8-14-22(21)30-24)17-19-11-10-12-20(16-19)29-18(2)23(27)28/h7-8,10-14,16,18H,3-6,9,15,17H2,1-2H3,(H,27,28). The van der Waals surface area contributed by atoms with E-state index in [1.807, 2.05) is 42.5 Å². The maximum Gasteiger partial charge on any atom is 0.344 e. The van der Waals surface area contributed by atoms with Crippen LogP contribution in [0.4, 0.5) is 6.01 Å². The van der Waals surface area contributed by atoms with Gasteiger partial charge in [0.15, 0.2) is 11.7 Å². The van der Waals surface area contributed by atoms with E-state index in [-0.39, 0.29) is 0 Å². The molecule has 0 aliphatic rings. The summed E-state index contributed by atoms with van der Waals surface area (Å²) in [5, 5.41) is 9.08. The third-order valence-corrected chi connectivity index (χ3v) is 5.02. The summed E-state index contributed by atoms with van der Waals surface area (Å²) in [6, 6.07) is 15.9. The zero-order chi connectivity index (χ0) is 21.3. The van der Waals surface area contributed by atoms with Crippen molar-refractivity contribution in [3.63, 3.8) is 0 Å². The van der Waals surface area contributed by atoms with Crippen molar-refractivity contribution in [1.29, 1.82) is 0 Å². The van der Waals surface area contributed by atoms with Crippen molar-refractivity contribution in [2.45, 2.75) is 58.6 Å². The van der Waals surface area contributed by atoms with Crippen LogP contribution in [0.2, 0.25) is 0 Å². The van der Waals surface area contributed by atoms with E-state index in [1.165, 1.54) is 32.6 Å². The third kappa shape index (κ3) is 5.99. The van der Waals surface area contributed by atoms with Crippen LogP contribution < -0.4 is 9.64 Å². The van der Waals surface area contributed by atoms with Crippen molar-refractivity contribution in [3.8, 4) is 5.75 Å². The Bertz CT molecular complexity index is 920. The number of fused-ring (bicyclic) bond motifs is 1. The molecule has 1 aromatic heterocycles. The van der Waals surface area contributed by atoms with Gasteiger partial charge < -0.3 is 19.2 Å². The fourth-order valence-corrected chi connectivity index (χ4v) is 3.34. The SMILES string of the molecule is CCCCCCCN(Cc1cccc(OC(C)C(=O)O)c1)c1nc2ccccc2o1. The van der Waals surface area contributed by atoms with Gasteiger partial charge in [0.2, 0.25) is 0 Å². The molecule has 3 rings (SSSR count). The number of rotatable bonds is 12. The van der Waals surface area contributed by atoms with E-state index in [0.717, 1.165) is 29.6 Å². The van der Waals surface area contributed by atoms with Gasteiger partial charge in [-0.15, -0.1) is 0 Å². The van der Waals surface area contributed by atoms with Crippen molar-refractivity contribution in [1.82, 2.24) is 4.98 Å². The molecule has 0 radical (unpaired) electrons. The first-order valence-electron chi connectivity index (χ1n) is 10.7. The third-order valence-electron chi connectivity index (χ3n) is 5.02. The molecule has 1 unspecified atom stereocenters. The number of carboxylic acid groups (broad SMARTS) is 1. The number of para-hydroxylation sites is 2. The van der Waals surface area contributed by atoms with Crippen molar-refractivity contribution in [2.24, 2.45) is 0 Å². The minimum Gasteiger partial charge on any atom is -0.479 e. The second kappa shape index (κ2) is 10.7. The average Bonchev–Trinajstić information content (AvgIpc) is 3.17. The summed E-state index contributed by atoms with van der Waals surface area (Å²) < 4.78 is 11.5. The monoisotopic (exact) mass is 410 g/mol. The van der Waals surface area contributed by atoms with Crippen LogP contribution in [0.3, 0.4) is 0 Å². The number of oxazole rings is 1. The Morgan fingerprint density at radius 2 is 1.93 bits per heavy atom. The highest BCUT2D eigenvalue weighted by Gasteiger charge is 2.16. The van der Waals surface area contributed by atoms with Gasteiger partial charge in [-0.3, -0.25) is 0 Å². The number of carboxylic acids is 1. The molecule has 160 valence electrons. The minimum atomic E-state index is -0.986. The molecule has 0 amide bonds. The smallest absolute Gasteiger partial charge is 0.344 e. The van der Waals surface area contributed by atoms with Crippen molar-refractivity contribution in [3.05, 3.63) is 54.1 Å². The number of hydrogen-bond acceptors (Lipinski definition) is 5. The molecule has 2 aromatic carbocycles. The van der Waals surface area contributed by atoms with Gasteiger partial charge in [0, 0.05) is 13.1 Å². The number of unbranched alkanes of at least 4 members (excludes halogenated alkanes) is 4. The topological polar surface area (TPSA) is 75.8 Å². The molecule has 30 heavy (non-hydrogen) atoms. The molecular formula is C24H30N2O4. The second-order valence-electron chi connectivity index (χ2n) is 7.55. The maximum absolute atomic E-state index is 11.1. The first-order valence-corrected chi connectivity index (χ1v) is 10.7. The Kier molecular flexibility index (Phi) is 7.71. The highest BCUT2D eigenvalue weighted by atomic mass is 16.5. The van der Waals surface area contributed by atoms with Crippen LogP contribution in [0.1, 0.15) is 51.5 Å². The van der Waals surface area contributed by atoms with E-state index in [9.17, 15) is 4.79 Å². The lowest BCUT2D eigenvalue weighted by Crippen LogP contribution is -2.25. The van der Waals surface area contributed by atoms with Gasteiger partial charge in [-0.05, 0) is 43.2 Å². The quantitative estimate of drug-likeness (QED) is 0.389. The summed E-state index contributed by atoms with van der Waals surface area (Å²) in [6.45, 7) is 5.19. The normalized spacial score (nSPS) is 12.1. The van der Waals surface area contributed by atoms with Gasteiger partial charge in [-0.1, -0.05) is 56.9 Å². The summed E-state index contributed by atoms with van der Waals surface area (Å²) in [5.74, 6) is -0.441. The molecule has 1 N–H and O–H groups in total. The lowest BCUT2D eigenvalue weighted by Gasteiger charge is -2.21. The molecule has 1 atom stereocenters. The Morgan fingerprint density at radius 3 is 2.70 bits per heavy atom. The summed E-state index contributed by atoms with van der Waals surface area (Å²) >= 11 is 0. The van der Waals surface area contributed by atoms with E-state index < -0.39 is 12.1 Å². The van der Waals surface area contributed by atoms with Gasteiger partial charge in [-0.25, -0.2) is 4.79 Å². The Hall–Kier alpha value is -3.02. The molecule has 0 aliphatic carbocycles. The first kappa shape index (κ1) is 21.7. The van der Waals surface area contributed by atoms with E-state index in [2.05, 4.69) is 16.8 Å². The number of ether oxygens (including phenoxy) is 1. The predicted molar refractivity (Wildman–Crippen MR) is 118 cm³/mol. The molecule has 0 fully saturated rings. The summed E-state index contributed by atoms with van der Waals surface area (Å²) in [5.41, 5.74) is 2.63. The van der Waals surface area contributed by atoms with Crippen LogP contribution in [0, 0.1) is 0 Å². The van der Waals surface area contributed by atoms with E-state index >= 15 is 0 Å². The molecule has 1 heterocycles. The molecule has 3 aromatic rings. The number of carbonyl (C=O) groups is 1. The fourth-order valence-electron chi connectivity index (χ4n) is 3.34. The Morgan fingerprint density at radius 1 is 1.13 bits per heavy atom. The van der Waals surface area contributed by atoms with E-state index in [4.69, 9.17) is 14.3 Å². The molecular weight excluding hydrogens is 380 g/mol. The molecule has 6 nitrogen and oxygen atoms in total. The van der Waals surface area contributed by atoms with Crippen LogP contribution >= 0.6 is 0 Å². The van der Waals surface area contributed by atoms with Gasteiger partial charge in [0.1, 0.15) is 11.3 Å². The van der Waals surface area contributed by atoms with Gasteiger partial charge in [0.25, 0.3) is 6.01 Å². The minimum absolute atomic E-state index is 0.544. The number of benzene rings is 2. The number of anilines is 1. The maximum atomic E-state index is 11.1. The van der Waals surface area contributed by atoms with Gasteiger partial charge in [0.05, 0.1) is 0 Å². The Balaban J connectivity index is 1.75. The van der Waals surface area contributed by atoms with Crippen LogP contribution in [0.15, 0.2) is 52.9 Å². The van der Waals surface area contributed by atoms with E-state index in [0.29, 0.717) is 18.3 Å². The number of aromatic nitrogens is 1. The van der Waals surface area contributed by atoms with E-state index in [1.54, 1.807) is 6.07 Å². The zero-order valence-corrected chi connectivity index (χ0v) is 17.7. The van der Waals surface area contributed by atoms with Crippen molar-refractivity contribution in [2.75, 3.05) is 11.4 Å². The molecule has 0 aliphatic heterocycles. The summed E-state index contributed by atoms with van der Waals surface area (Å²) in [6.07, 6.45) is 5.04. The summed E-state index contributed by atoms with van der Waals surface area (Å²) in [7, 11) is 0. The average molecular weight is 411 g/mol. The number of aliphatic carboxylic acids is 1. The Labute approximate surface area is 177 Å². The summed E-state index contributed by atoms with van der Waals surface area (Å²) in [4.78, 5) is 17.9. The second-order valence-corrected chi connectivity index (χ2v) is 7.55. The lowest BCUT2D eigenvalue weighted by molar-refractivity contribution is -0.144. The first-order chi connectivity index (χ1) is 14.6. The highest BCUT2D eigenvalue weighted by molar-refractivity contribution is 5.74. The van der Waals surface area contributed by atoms with Crippen LogP contribution in [0.5, 0.6) is 5.75 Å². The highest BCUT2D eigenvalue weighted by Crippen LogP contribution is 2.25. The molecule has 0 saturated heterocycles. The largest absolute Gasteiger partial charge is 0.479 e. The predicted octanol–water partition coefficient (Wildman–Crippen LogP) is 5.66. The zero-order valence-electron chi connectivity index (χ0n) is 17.7. The van der Waals surface area contributed by atoms with Crippen molar-refractivity contribution >= 4 is 23.1 Å². The number of nitrogens with zero attached hydrogens (tertiary/aromatic N) is 2. The molecule has 6 heteroatoms. The fraction of sp³-hybridized carbons (Fsp3) is 0.417. The molecule has 0 saturated carbocycles. The molecule has 0 bridgehead atoms. The van der Waals surface area contributed by atoms with Crippen LogP contribution in [0.25, 0.3) is 11.1 Å². The van der Waals surface area contributed by atoms with Crippen molar-refractivity contribution < 1.29 is 19.1 Å². The van der Waals surface area contributed by atoms with Gasteiger partial charge in [-0.2, -0.15) is 4.98 Å². The molecule has 0 spiro atoms. The van der Waals surface area contributed by atoms with Crippen LogP contribution in [-0.2, 0) is 11.3 Å². The van der Waals surface area contributed by atoms with Gasteiger partial charge >= 0.3 is 5.97 Å². The van der Waals surface area contributed by atoms with Crippen LogP contribution in [-0.4, -0.2) is 28.7 Å².